The van der Waals surface area contributed by atoms with Crippen molar-refractivity contribution in [2.75, 3.05) is 0 Å². The van der Waals surface area contributed by atoms with Crippen molar-refractivity contribution < 1.29 is 10.2 Å². The molecule has 76 valence electrons. The Morgan fingerprint density at radius 2 is 0.923 bits per heavy atom. The first-order valence-electron chi connectivity index (χ1n) is 5.57. The van der Waals surface area contributed by atoms with Crippen LogP contribution in [0.1, 0.15) is 57.8 Å². The molecule has 0 aliphatic heterocycles. The molecule has 2 rings (SSSR count). The standard InChI is InChI=1S/C11H20O2/c12-10-5-1-2-6-11(13,9-10)8-4-3-7-10/h12-13H,1-9H2. The summed E-state index contributed by atoms with van der Waals surface area (Å²) >= 11 is 0. The van der Waals surface area contributed by atoms with Gasteiger partial charge in [0.05, 0.1) is 11.2 Å². The number of aliphatic hydroxyl groups is 2. The van der Waals surface area contributed by atoms with Crippen LogP contribution in [0.3, 0.4) is 0 Å². The van der Waals surface area contributed by atoms with Gasteiger partial charge in [0.2, 0.25) is 0 Å². The first kappa shape index (κ1) is 9.47. The van der Waals surface area contributed by atoms with Crippen LogP contribution in [0.15, 0.2) is 0 Å². The van der Waals surface area contributed by atoms with Gasteiger partial charge in [-0.25, -0.2) is 0 Å². The number of fused-ring (bicyclic) bond motifs is 2. The topological polar surface area (TPSA) is 40.5 Å². The minimum atomic E-state index is -0.540. The summed E-state index contributed by atoms with van der Waals surface area (Å²) in [5.74, 6) is 0. The first-order valence-corrected chi connectivity index (χ1v) is 5.57. The Morgan fingerprint density at radius 1 is 0.615 bits per heavy atom. The SMILES string of the molecule is OC12CCCCC(O)(CCCC1)C2. The average molecular weight is 184 g/mol. The Kier molecular flexibility index (Phi) is 2.37. The fourth-order valence-corrected chi connectivity index (χ4v) is 3.03. The van der Waals surface area contributed by atoms with Gasteiger partial charge in [-0.2, -0.15) is 0 Å². The van der Waals surface area contributed by atoms with Crippen molar-refractivity contribution in [1.29, 1.82) is 0 Å². The van der Waals surface area contributed by atoms with E-state index in [1.54, 1.807) is 0 Å². The summed E-state index contributed by atoms with van der Waals surface area (Å²) < 4.78 is 0. The number of hydrogen-bond donors (Lipinski definition) is 2. The lowest BCUT2D eigenvalue weighted by Crippen LogP contribution is -2.37. The molecule has 13 heavy (non-hydrogen) atoms. The molecule has 0 aromatic heterocycles. The Bertz CT molecular complexity index is 157. The van der Waals surface area contributed by atoms with Crippen LogP contribution in [-0.2, 0) is 0 Å². The summed E-state index contributed by atoms with van der Waals surface area (Å²) in [7, 11) is 0. The average Bonchev–Trinajstić information content (AvgIpc) is 2.29. The molecule has 2 aliphatic rings. The fourth-order valence-electron chi connectivity index (χ4n) is 3.03. The van der Waals surface area contributed by atoms with Gasteiger partial charge in [0.15, 0.2) is 0 Å². The van der Waals surface area contributed by atoms with Crippen LogP contribution in [-0.4, -0.2) is 21.4 Å². The van der Waals surface area contributed by atoms with Crippen LogP contribution < -0.4 is 0 Å². The normalized spacial score (nSPS) is 46.6. The first-order chi connectivity index (χ1) is 6.12. The summed E-state index contributed by atoms with van der Waals surface area (Å²) in [6, 6.07) is 0. The van der Waals surface area contributed by atoms with Crippen molar-refractivity contribution in [1.82, 2.24) is 0 Å². The molecule has 0 spiro atoms. The highest BCUT2D eigenvalue weighted by atomic mass is 16.3. The molecular formula is C11H20O2. The molecular weight excluding hydrogens is 164 g/mol. The zero-order chi connectivity index (χ0) is 9.36. The number of rotatable bonds is 0. The molecule has 2 heteroatoms. The van der Waals surface area contributed by atoms with Gasteiger partial charge in [0.1, 0.15) is 0 Å². The maximum Gasteiger partial charge on any atom is 0.0675 e. The molecule has 2 aliphatic carbocycles. The third-order valence-electron chi connectivity index (χ3n) is 3.73. The van der Waals surface area contributed by atoms with Crippen LogP contribution in [0.25, 0.3) is 0 Å². The second kappa shape index (κ2) is 3.25. The van der Waals surface area contributed by atoms with Gasteiger partial charge in [-0.15, -0.1) is 0 Å². The largest absolute Gasteiger partial charge is 0.390 e. The Labute approximate surface area is 80.0 Å². The maximum atomic E-state index is 10.3. The van der Waals surface area contributed by atoms with E-state index in [-0.39, 0.29) is 0 Å². The molecule has 0 unspecified atom stereocenters. The summed E-state index contributed by atoms with van der Waals surface area (Å²) in [4.78, 5) is 0. The molecule has 2 nitrogen and oxygen atoms in total. The fraction of sp³-hybridized carbons (Fsp3) is 1.00. The second-order valence-electron chi connectivity index (χ2n) is 5.04. The monoisotopic (exact) mass is 184 g/mol. The third-order valence-corrected chi connectivity index (χ3v) is 3.73. The van der Waals surface area contributed by atoms with Gasteiger partial charge in [0.25, 0.3) is 0 Å². The lowest BCUT2D eigenvalue weighted by Gasteiger charge is -2.32. The van der Waals surface area contributed by atoms with Crippen LogP contribution >= 0.6 is 0 Å². The van der Waals surface area contributed by atoms with Crippen LogP contribution in [0, 0.1) is 0 Å². The van der Waals surface area contributed by atoms with Crippen molar-refractivity contribution in [3.8, 4) is 0 Å². The van der Waals surface area contributed by atoms with Crippen LogP contribution in [0.5, 0.6) is 0 Å². The summed E-state index contributed by atoms with van der Waals surface area (Å²) in [6.07, 6.45) is 8.55. The minimum Gasteiger partial charge on any atom is -0.390 e. The van der Waals surface area contributed by atoms with E-state index in [9.17, 15) is 10.2 Å². The van der Waals surface area contributed by atoms with Crippen molar-refractivity contribution in [3.05, 3.63) is 0 Å². The molecule has 0 amide bonds. The lowest BCUT2D eigenvalue weighted by molar-refractivity contribution is -0.0572. The second-order valence-corrected chi connectivity index (χ2v) is 5.04. The highest BCUT2D eigenvalue weighted by Gasteiger charge is 2.41. The zero-order valence-electron chi connectivity index (χ0n) is 8.26. The van der Waals surface area contributed by atoms with Crippen molar-refractivity contribution in [3.63, 3.8) is 0 Å². The van der Waals surface area contributed by atoms with Gasteiger partial charge in [-0.3, -0.25) is 0 Å². The van der Waals surface area contributed by atoms with Crippen LogP contribution in [0.2, 0.25) is 0 Å². The van der Waals surface area contributed by atoms with Gasteiger partial charge >= 0.3 is 0 Å². The Hall–Kier alpha value is -0.0800. The molecule has 2 bridgehead atoms. The van der Waals surface area contributed by atoms with Crippen molar-refractivity contribution in [2.45, 2.75) is 69.0 Å². The summed E-state index contributed by atoms with van der Waals surface area (Å²) in [5, 5.41) is 20.5. The minimum absolute atomic E-state index is 0.540. The molecule has 0 aromatic rings. The third kappa shape index (κ3) is 2.05. The lowest BCUT2D eigenvalue weighted by atomic mass is 9.85. The Morgan fingerprint density at radius 3 is 1.23 bits per heavy atom. The molecule has 2 fully saturated rings. The van der Waals surface area contributed by atoms with E-state index < -0.39 is 11.2 Å². The molecule has 0 heterocycles. The maximum absolute atomic E-state index is 10.3. The highest BCUT2D eigenvalue weighted by molar-refractivity contribution is 4.95. The van der Waals surface area contributed by atoms with Gasteiger partial charge in [0, 0.05) is 6.42 Å². The van der Waals surface area contributed by atoms with E-state index >= 15 is 0 Å². The predicted molar refractivity (Wildman–Crippen MR) is 51.5 cm³/mol. The van der Waals surface area contributed by atoms with Crippen molar-refractivity contribution in [2.24, 2.45) is 0 Å². The van der Waals surface area contributed by atoms with E-state index in [2.05, 4.69) is 0 Å². The summed E-state index contributed by atoms with van der Waals surface area (Å²) in [5.41, 5.74) is -1.08. The smallest absolute Gasteiger partial charge is 0.0675 e. The molecule has 2 N–H and O–H groups in total. The molecule has 2 saturated carbocycles. The van der Waals surface area contributed by atoms with E-state index in [0.29, 0.717) is 6.42 Å². The van der Waals surface area contributed by atoms with E-state index in [1.165, 1.54) is 0 Å². The highest BCUT2D eigenvalue weighted by Crippen LogP contribution is 2.42. The van der Waals surface area contributed by atoms with E-state index in [4.69, 9.17) is 0 Å². The van der Waals surface area contributed by atoms with Gasteiger partial charge in [-0.1, -0.05) is 25.7 Å². The molecule has 0 atom stereocenters. The Balaban J connectivity index is 2.18. The van der Waals surface area contributed by atoms with E-state index in [1.807, 2.05) is 0 Å². The van der Waals surface area contributed by atoms with Gasteiger partial charge < -0.3 is 10.2 Å². The molecule has 0 saturated heterocycles. The predicted octanol–water partition coefficient (Wildman–Crippen LogP) is 1.99. The number of hydrogen-bond acceptors (Lipinski definition) is 2. The van der Waals surface area contributed by atoms with E-state index in [0.717, 1.165) is 51.4 Å². The molecule has 0 radical (unpaired) electrons. The summed E-state index contributed by atoms with van der Waals surface area (Å²) in [6.45, 7) is 0. The molecule has 0 aromatic carbocycles. The van der Waals surface area contributed by atoms with Gasteiger partial charge in [-0.05, 0) is 25.7 Å². The van der Waals surface area contributed by atoms with Crippen LogP contribution in [0.4, 0.5) is 0 Å². The van der Waals surface area contributed by atoms with Crippen molar-refractivity contribution >= 4 is 0 Å². The quantitative estimate of drug-likeness (QED) is 0.604. The zero-order valence-corrected chi connectivity index (χ0v) is 8.26.